The molecule has 7 heteroatoms. The number of aromatic nitrogens is 3. The number of thioether (sulfide) groups is 1. The number of aryl methyl sites for hydroxylation is 1. The fourth-order valence-electron chi connectivity index (χ4n) is 3.55. The van der Waals surface area contributed by atoms with Gasteiger partial charge in [-0.05, 0) is 35.9 Å². The maximum atomic E-state index is 13.1. The second-order valence-corrected chi connectivity index (χ2v) is 7.85. The van der Waals surface area contributed by atoms with Gasteiger partial charge in [0.05, 0.1) is 11.3 Å². The molecule has 0 aliphatic carbocycles. The van der Waals surface area contributed by atoms with Crippen LogP contribution in [0.3, 0.4) is 0 Å². The Bertz CT molecular complexity index is 1150. The number of carbonyl (C=O) groups is 1. The molecule has 0 unspecified atom stereocenters. The molecule has 0 bridgehead atoms. The second kappa shape index (κ2) is 7.67. The first-order valence-electron chi connectivity index (χ1n) is 9.27. The number of hydrogen-bond acceptors (Lipinski definition) is 4. The Morgan fingerprint density at radius 3 is 2.69 bits per heavy atom. The molecule has 2 aromatic carbocycles. The SMILES string of the molecule is C=CCSc1n[n+]2c(c(=O)[nH]1)-c1ccccc1N(C(C)=O)[C@@H]2c1ccc(C)cc1. The van der Waals surface area contributed by atoms with E-state index in [2.05, 4.69) is 11.6 Å². The van der Waals surface area contributed by atoms with Crippen molar-refractivity contribution in [3.05, 3.63) is 82.7 Å². The summed E-state index contributed by atoms with van der Waals surface area (Å²) in [6.07, 6.45) is 1.20. The highest BCUT2D eigenvalue weighted by molar-refractivity contribution is 7.99. The van der Waals surface area contributed by atoms with Gasteiger partial charge in [-0.1, -0.05) is 47.7 Å². The second-order valence-electron chi connectivity index (χ2n) is 6.84. The first-order chi connectivity index (χ1) is 14.0. The standard InChI is InChI=1S/C22H20N4O2S/c1-4-13-29-22-23-20(28)19-17-7-5-6-8-18(17)25(15(3)27)21(26(19)24-22)16-11-9-14(2)10-12-16/h4-12,21H,1,13H2,2-3H3/p+1/t21-/m0/s1. The van der Waals surface area contributed by atoms with Gasteiger partial charge >= 0.3 is 11.3 Å². The Morgan fingerprint density at radius 1 is 1.28 bits per heavy atom. The van der Waals surface area contributed by atoms with Gasteiger partial charge in [-0.25, -0.2) is 4.90 Å². The van der Waals surface area contributed by atoms with Crippen molar-refractivity contribution in [2.24, 2.45) is 0 Å². The molecule has 29 heavy (non-hydrogen) atoms. The largest absolute Gasteiger partial charge is 0.325 e. The number of amides is 1. The van der Waals surface area contributed by atoms with Gasteiger partial charge in [0.2, 0.25) is 11.1 Å². The number of hydrogen-bond donors (Lipinski definition) is 1. The molecule has 2 heterocycles. The number of para-hydroxylation sites is 1. The quantitative estimate of drug-likeness (QED) is 0.411. The van der Waals surface area contributed by atoms with Gasteiger partial charge in [-0.15, -0.1) is 6.58 Å². The molecule has 4 rings (SSSR count). The molecule has 0 radical (unpaired) electrons. The highest BCUT2D eigenvalue weighted by Gasteiger charge is 2.44. The van der Waals surface area contributed by atoms with Crippen LogP contribution in [0, 0.1) is 6.92 Å². The van der Waals surface area contributed by atoms with E-state index in [0.29, 0.717) is 27.9 Å². The summed E-state index contributed by atoms with van der Waals surface area (Å²) in [4.78, 5) is 30.4. The van der Waals surface area contributed by atoms with Gasteiger partial charge in [-0.3, -0.25) is 14.6 Å². The van der Waals surface area contributed by atoms with E-state index >= 15 is 0 Å². The first kappa shape index (κ1) is 19.1. The minimum atomic E-state index is -0.552. The predicted octanol–water partition coefficient (Wildman–Crippen LogP) is 3.22. The highest BCUT2D eigenvalue weighted by Crippen LogP contribution is 2.37. The molecule has 0 saturated heterocycles. The summed E-state index contributed by atoms with van der Waals surface area (Å²) in [5.41, 5.74) is 3.57. The van der Waals surface area contributed by atoms with Crippen molar-refractivity contribution < 1.29 is 9.48 Å². The third kappa shape index (κ3) is 3.38. The van der Waals surface area contributed by atoms with Crippen molar-refractivity contribution in [2.75, 3.05) is 10.7 Å². The van der Waals surface area contributed by atoms with Crippen LogP contribution >= 0.6 is 11.8 Å². The molecular weight excluding hydrogens is 384 g/mol. The number of carbonyl (C=O) groups excluding carboxylic acids is 1. The summed E-state index contributed by atoms with van der Waals surface area (Å²) in [5, 5.41) is 5.19. The van der Waals surface area contributed by atoms with E-state index in [1.807, 2.05) is 55.5 Å². The summed E-state index contributed by atoms with van der Waals surface area (Å²) >= 11 is 1.39. The summed E-state index contributed by atoms with van der Waals surface area (Å²) < 4.78 is 1.67. The molecule has 1 N–H and O–H groups in total. The number of aromatic amines is 1. The summed E-state index contributed by atoms with van der Waals surface area (Å²) in [5.74, 6) is 0.494. The van der Waals surface area contributed by atoms with Crippen LogP contribution in [0.5, 0.6) is 0 Å². The number of anilines is 1. The minimum Gasteiger partial charge on any atom is -0.291 e. The molecular formula is C22H21N4O2S+. The van der Waals surface area contributed by atoms with E-state index < -0.39 is 6.17 Å². The van der Waals surface area contributed by atoms with Crippen LogP contribution < -0.4 is 15.1 Å². The number of nitrogens with zero attached hydrogens (tertiary/aromatic N) is 3. The highest BCUT2D eigenvalue weighted by atomic mass is 32.2. The van der Waals surface area contributed by atoms with E-state index in [9.17, 15) is 9.59 Å². The van der Waals surface area contributed by atoms with E-state index in [-0.39, 0.29) is 11.5 Å². The molecule has 1 aliphatic heterocycles. The lowest BCUT2D eigenvalue weighted by Crippen LogP contribution is -2.60. The van der Waals surface area contributed by atoms with E-state index in [0.717, 1.165) is 11.1 Å². The lowest BCUT2D eigenvalue weighted by atomic mass is 10.0. The monoisotopic (exact) mass is 405 g/mol. The third-order valence-electron chi connectivity index (χ3n) is 4.81. The summed E-state index contributed by atoms with van der Waals surface area (Å²) in [6.45, 7) is 7.26. The zero-order valence-electron chi connectivity index (χ0n) is 16.3. The first-order valence-corrected chi connectivity index (χ1v) is 10.3. The molecule has 1 amide bonds. The number of benzene rings is 2. The Balaban J connectivity index is 2.03. The van der Waals surface area contributed by atoms with Gasteiger partial charge in [0.1, 0.15) is 0 Å². The van der Waals surface area contributed by atoms with Crippen molar-refractivity contribution in [1.82, 2.24) is 10.1 Å². The minimum absolute atomic E-state index is 0.122. The summed E-state index contributed by atoms with van der Waals surface area (Å²) in [6, 6.07) is 15.4. The predicted molar refractivity (Wildman–Crippen MR) is 114 cm³/mol. The average Bonchev–Trinajstić information content (AvgIpc) is 2.71. The molecule has 146 valence electrons. The maximum Gasteiger partial charge on any atom is 0.325 e. The lowest BCUT2D eigenvalue weighted by molar-refractivity contribution is -0.763. The average molecular weight is 406 g/mol. The zero-order valence-corrected chi connectivity index (χ0v) is 17.1. The molecule has 0 fully saturated rings. The summed E-state index contributed by atoms with van der Waals surface area (Å²) in [7, 11) is 0. The number of nitrogens with one attached hydrogen (secondary N) is 1. The smallest absolute Gasteiger partial charge is 0.291 e. The van der Waals surface area contributed by atoms with Crippen molar-refractivity contribution in [3.8, 4) is 11.3 Å². The van der Waals surface area contributed by atoms with Gasteiger partial charge in [-0.2, -0.15) is 0 Å². The van der Waals surface area contributed by atoms with Crippen LogP contribution in [0.4, 0.5) is 5.69 Å². The van der Waals surface area contributed by atoms with E-state index in [4.69, 9.17) is 5.10 Å². The van der Waals surface area contributed by atoms with Crippen molar-refractivity contribution >= 4 is 23.4 Å². The fraction of sp³-hybridized carbons (Fsp3) is 0.182. The van der Waals surface area contributed by atoms with Crippen LogP contribution in [-0.2, 0) is 4.79 Å². The lowest BCUT2D eigenvalue weighted by Gasteiger charge is -2.31. The molecule has 3 aromatic rings. The van der Waals surface area contributed by atoms with E-state index in [1.165, 1.54) is 18.7 Å². The van der Waals surface area contributed by atoms with Gasteiger partial charge in [0.15, 0.2) is 0 Å². The topological polar surface area (TPSA) is 69.9 Å². The van der Waals surface area contributed by atoms with Crippen LogP contribution in [0.1, 0.15) is 24.2 Å². The zero-order chi connectivity index (χ0) is 20.5. The maximum absolute atomic E-state index is 13.1. The number of H-pyrrole nitrogens is 1. The Labute approximate surface area is 172 Å². The Kier molecular flexibility index (Phi) is 5.07. The number of rotatable bonds is 4. The van der Waals surface area contributed by atoms with Crippen molar-refractivity contribution in [2.45, 2.75) is 25.2 Å². The van der Waals surface area contributed by atoms with Gasteiger partial charge < -0.3 is 0 Å². The molecule has 1 aromatic heterocycles. The number of fused-ring (bicyclic) bond motifs is 3. The van der Waals surface area contributed by atoms with Crippen molar-refractivity contribution in [1.29, 1.82) is 0 Å². The normalized spacial score (nSPS) is 14.8. The molecule has 0 spiro atoms. The molecule has 1 aliphatic rings. The van der Waals surface area contributed by atoms with Gasteiger partial charge in [0.25, 0.3) is 6.17 Å². The fourth-order valence-corrected chi connectivity index (χ4v) is 4.14. The molecule has 0 saturated carbocycles. The Hall–Kier alpha value is -3.19. The third-order valence-corrected chi connectivity index (χ3v) is 5.67. The van der Waals surface area contributed by atoms with Crippen LogP contribution in [0.2, 0.25) is 0 Å². The van der Waals surface area contributed by atoms with E-state index in [1.54, 1.807) is 15.7 Å². The van der Waals surface area contributed by atoms with Crippen LogP contribution in [0.25, 0.3) is 11.3 Å². The van der Waals surface area contributed by atoms with Crippen LogP contribution in [0.15, 0.2) is 71.1 Å². The Morgan fingerprint density at radius 2 is 2.00 bits per heavy atom. The molecule has 6 nitrogen and oxygen atoms in total. The van der Waals surface area contributed by atoms with Crippen molar-refractivity contribution in [3.63, 3.8) is 0 Å². The molecule has 1 atom stereocenters. The van der Waals surface area contributed by atoms with Gasteiger partial charge in [0, 0.05) is 23.3 Å². The van der Waals surface area contributed by atoms with Crippen LogP contribution in [-0.4, -0.2) is 21.7 Å².